The van der Waals surface area contributed by atoms with Crippen LogP contribution < -0.4 is 10.9 Å². The molecule has 4 aromatic rings. The van der Waals surface area contributed by atoms with Crippen LogP contribution >= 0.6 is 0 Å². The normalized spacial score (nSPS) is 11.3. The highest BCUT2D eigenvalue weighted by Crippen LogP contribution is 2.26. The first-order valence-electron chi connectivity index (χ1n) is 10.1. The van der Waals surface area contributed by atoms with E-state index in [4.69, 9.17) is 9.40 Å². The minimum absolute atomic E-state index is 0.0447. The van der Waals surface area contributed by atoms with Gasteiger partial charge in [-0.05, 0) is 51.6 Å². The summed E-state index contributed by atoms with van der Waals surface area (Å²) >= 11 is 0. The lowest BCUT2D eigenvalue weighted by atomic mass is 10.1. The summed E-state index contributed by atoms with van der Waals surface area (Å²) in [5.74, 6) is 0.726. The molecule has 0 radical (unpaired) electrons. The Morgan fingerprint density at radius 3 is 2.45 bits per heavy atom. The highest BCUT2D eigenvalue weighted by atomic mass is 16.4. The lowest BCUT2D eigenvalue weighted by molar-refractivity contribution is 0.578. The van der Waals surface area contributed by atoms with Crippen LogP contribution in [0.1, 0.15) is 31.1 Å². The summed E-state index contributed by atoms with van der Waals surface area (Å²) in [6.45, 7) is 6.56. The van der Waals surface area contributed by atoms with E-state index < -0.39 is 0 Å². The molecule has 1 N–H and O–H groups in total. The van der Waals surface area contributed by atoms with E-state index in [2.05, 4.69) is 20.5 Å². The Kier molecular flexibility index (Phi) is 5.73. The third kappa shape index (κ3) is 4.29. The maximum absolute atomic E-state index is 12.1. The molecule has 31 heavy (non-hydrogen) atoms. The van der Waals surface area contributed by atoms with Crippen LogP contribution in [0.3, 0.4) is 0 Å². The number of hydrogen-bond donors (Lipinski definition) is 1. The number of rotatable bonds is 6. The second kappa shape index (κ2) is 8.61. The van der Waals surface area contributed by atoms with Gasteiger partial charge in [0, 0.05) is 36.0 Å². The molecule has 0 fully saturated rings. The Balaban J connectivity index is 1.68. The first-order chi connectivity index (χ1) is 15.0. The van der Waals surface area contributed by atoms with Crippen LogP contribution in [0, 0.1) is 6.92 Å². The minimum atomic E-state index is -0.0543. The lowest BCUT2D eigenvalue weighted by Gasteiger charge is -2.11. The van der Waals surface area contributed by atoms with Gasteiger partial charge in [-0.15, -0.1) is 10.2 Å². The minimum Gasteiger partial charge on any atom is -0.415 e. The van der Waals surface area contributed by atoms with Crippen LogP contribution in [0.4, 0.5) is 0 Å². The zero-order valence-electron chi connectivity index (χ0n) is 18.0. The number of pyridine rings is 1. The van der Waals surface area contributed by atoms with Crippen LogP contribution in [-0.4, -0.2) is 31.8 Å². The molecular weight excluding hydrogens is 392 g/mol. The van der Waals surface area contributed by atoms with Crippen LogP contribution in [0.15, 0.2) is 58.0 Å². The first kappa shape index (κ1) is 20.6. The van der Waals surface area contributed by atoms with Crippen molar-refractivity contribution in [2.24, 2.45) is 0 Å². The average molecular weight is 416 g/mol. The maximum atomic E-state index is 12.1. The summed E-state index contributed by atoms with van der Waals surface area (Å²) in [6.07, 6.45) is 3.48. The third-order valence-electron chi connectivity index (χ3n) is 4.96. The van der Waals surface area contributed by atoms with Crippen LogP contribution in [-0.2, 0) is 6.54 Å². The van der Waals surface area contributed by atoms with Gasteiger partial charge in [-0.25, -0.2) is 4.98 Å². The van der Waals surface area contributed by atoms with Gasteiger partial charge in [0.2, 0.25) is 5.89 Å². The van der Waals surface area contributed by atoms with Crippen LogP contribution in [0.5, 0.6) is 0 Å². The standard InChI is InChI=1S/C23H24N6O2/c1-14(2)29-13-18(9-10-20(29)30)19-12-25-15(3)21(26-19)23-28-27-22(31-23)17-7-5-16(6-8-17)11-24-4/h5-10,12-14,24H,11H2,1-4H3. The van der Waals surface area contributed by atoms with Crippen LogP contribution in [0.25, 0.3) is 34.3 Å². The molecule has 158 valence electrons. The maximum Gasteiger partial charge on any atom is 0.268 e. The Morgan fingerprint density at radius 1 is 1.03 bits per heavy atom. The van der Waals surface area contributed by atoms with E-state index in [1.54, 1.807) is 29.1 Å². The fourth-order valence-corrected chi connectivity index (χ4v) is 3.25. The molecule has 4 rings (SSSR count). The quantitative estimate of drug-likeness (QED) is 0.512. The van der Waals surface area contributed by atoms with Crippen molar-refractivity contribution < 1.29 is 4.42 Å². The van der Waals surface area contributed by atoms with Crippen molar-refractivity contribution in [3.8, 4) is 34.3 Å². The third-order valence-corrected chi connectivity index (χ3v) is 4.96. The Bertz CT molecular complexity index is 1260. The van der Waals surface area contributed by atoms with Crippen molar-refractivity contribution in [3.05, 3.63) is 70.4 Å². The van der Waals surface area contributed by atoms with E-state index in [1.807, 2.05) is 52.1 Å². The number of nitrogens with one attached hydrogen (secondary N) is 1. The fraction of sp³-hybridized carbons (Fsp3) is 0.261. The molecule has 0 bridgehead atoms. The first-order valence-corrected chi connectivity index (χ1v) is 10.1. The van der Waals surface area contributed by atoms with Crippen molar-refractivity contribution >= 4 is 0 Å². The topological polar surface area (TPSA) is 98.7 Å². The van der Waals surface area contributed by atoms with Gasteiger partial charge in [-0.3, -0.25) is 9.78 Å². The molecule has 3 aromatic heterocycles. The van der Waals surface area contributed by atoms with E-state index in [9.17, 15) is 4.79 Å². The number of benzene rings is 1. The highest BCUT2D eigenvalue weighted by Gasteiger charge is 2.16. The van der Waals surface area contributed by atoms with Crippen molar-refractivity contribution in [1.82, 2.24) is 30.0 Å². The molecule has 8 nitrogen and oxygen atoms in total. The van der Waals surface area contributed by atoms with E-state index in [0.29, 0.717) is 28.9 Å². The molecule has 0 aliphatic heterocycles. The number of aryl methyl sites for hydroxylation is 1. The Morgan fingerprint density at radius 2 is 1.74 bits per heavy atom. The van der Waals surface area contributed by atoms with Crippen LogP contribution in [0.2, 0.25) is 0 Å². The largest absolute Gasteiger partial charge is 0.415 e. The summed E-state index contributed by atoms with van der Waals surface area (Å²) < 4.78 is 7.58. The van der Waals surface area contributed by atoms with E-state index >= 15 is 0 Å². The SMILES string of the molecule is CNCc1ccc(-c2nnc(-c3nc(-c4ccc(=O)n(C(C)C)c4)cnc3C)o2)cc1. The van der Waals surface area contributed by atoms with Gasteiger partial charge >= 0.3 is 0 Å². The molecule has 0 amide bonds. The van der Waals surface area contributed by atoms with Crippen molar-refractivity contribution in [2.75, 3.05) is 7.05 Å². The predicted molar refractivity (Wildman–Crippen MR) is 118 cm³/mol. The Labute approximate surface area is 180 Å². The van der Waals surface area contributed by atoms with Crippen molar-refractivity contribution in [1.29, 1.82) is 0 Å². The van der Waals surface area contributed by atoms with Crippen molar-refractivity contribution in [3.63, 3.8) is 0 Å². The van der Waals surface area contributed by atoms with Gasteiger partial charge in [0.15, 0.2) is 0 Å². The molecule has 0 atom stereocenters. The molecule has 0 aliphatic carbocycles. The van der Waals surface area contributed by atoms with Gasteiger partial charge in [0.1, 0.15) is 5.69 Å². The monoisotopic (exact) mass is 416 g/mol. The second-order valence-corrected chi connectivity index (χ2v) is 7.59. The molecule has 0 spiro atoms. The number of hydrogen-bond acceptors (Lipinski definition) is 7. The fourth-order valence-electron chi connectivity index (χ4n) is 3.25. The molecule has 3 heterocycles. The number of nitrogens with zero attached hydrogens (tertiary/aromatic N) is 5. The summed E-state index contributed by atoms with van der Waals surface area (Å²) in [5, 5.41) is 11.5. The molecule has 0 saturated heterocycles. The van der Waals surface area contributed by atoms with Gasteiger partial charge in [0.25, 0.3) is 11.4 Å². The van der Waals surface area contributed by atoms with E-state index in [1.165, 1.54) is 5.56 Å². The lowest BCUT2D eigenvalue weighted by Crippen LogP contribution is -2.20. The zero-order chi connectivity index (χ0) is 22.0. The summed E-state index contributed by atoms with van der Waals surface area (Å²) in [6, 6.07) is 11.3. The molecule has 8 heteroatoms. The van der Waals surface area contributed by atoms with E-state index in [-0.39, 0.29) is 11.6 Å². The van der Waals surface area contributed by atoms with E-state index in [0.717, 1.165) is 17.7 Å². The summed E-state index contributed by atoms with van der Waals surface area (Å²) in [7, 11) is 1.91. The summed E-state index contributed by atoms with van der Waals surface area (Å²) in [5.41, 5.74) is 4.58. The van der Waals surface area contributed by atoms with Gasteiger partial charge < -0.3 is 14.3 Å². The molecule has 1 aromatic carbocycles. The molecule has 0 aliphatic rings. The Hall–Kier alpha value is -3.65. The smallest absolute Gasteiger partial charge is 0.268 e. The average Bonchev–Trinajstić information content (AvgIpc) is 3.25. The van der Waals surface area contributed by atoms with Crippen molar-refractivity contribution in [2.45, 2.75) is 33.4 Å². The molecular formula is C23H24N6O2. The predicted octanol–water partition coefficient (Wildman–Crippen LogP) is 3.63. The number of aromatic nitrogens is 5. The van der Waals surface area contributed by atoms with Gasteiger partial charge in [0.05, 0.1) is 17.6 Å². The molecule has 0 saturated carbocycles. The van der Waals surface area contributed by atoms with Gasteiger partial charge in [-0.1, -0.05) is 12.1 Å². The summed E-state index contributed by atoms with van der Waals surface area (Å²) in [4.78, 5) is 21.2. The second-order valence-electron chi connectivity index (χ2n) is 7.59. The zero-order valence-corrected chi connectivity index (χ0v) is 18.0. The highest BCUT2D eigenvalue weighted by molar-refractivity contribution is 5.62. The molecule has 0 unspecified atom stereocenters. The van der Waals surface area contributed by atoms with Gasteiger partial charge in [-0.2, -0.15) is 0 Å².